The first kappa shape index (κ1) is 14.1. The Bertz CT molecular complexity index is 441. The van der Waals surface area contributed by atoms with Crippen LogP contribution >= 0.6 is 19.9 Å². The highest BCUT2D eigenvalue weighted by Crippen LogP contribution is 2.18. The fourth-order valence-corrected chi connectivity index (χ4v) is 1.60. The number of nitrogens with one attached hydrogen (secondary N) is 1. The molecule has 1 heterocycles. The minimum Gasteiger partial charge on any atom is -0.303 e. The molecule has 0 saturated heterocycles. The Hall–Kier alpha value is -0.940. The molecule has 1 aromatic rings. The van der Waals surface area contributed by atoms with Gasteiger partial charge in [0.05, 0.1) is 11.4 Å². The molecule has 17 heavy (non-hydrogen) atoms. The number of hydrogen-bond acceptors (Lipinski definition) is 5. The highest BCUT2D eigenvalue weighted by molar-refractivity contribution is 7.32. The van der Waals surface area contributed by atoms with Gasteiger partial charge in [0.15, 0.2) is 12.4 Å². The first-order valence-electron chi connectivity index (χ1n) is 4.93. The highest BCUT2D eigenvalue weighted by Gasteiger charge is 2.15. The number of rotatable bonds is 6. The van der Waals surface area contributed by atoms with E-state index in [2.05, 4.69) is 14.5 Å². The third kappa shape index (κ3) is 4.83. The predicted octanol–water partition coefficient (Wildman–Crippen LogP) is 2.46. The monoisotopic (exact) mass is 276 g/mol. The molecule has 1 atom stereocenters. The van der Waals surface area contributed by atoms with Gasteiger partial charge in [-0.1, -0.05) is 24.9 Å². The maximum atomic E-state index is 10.4. The van der Waals surface area contributed by atoms with Crippen LogP contribution in [0.1, 0.15) is 31.3 Å². The molecule has 0 bridgehead atoms. The Morgan fingerprint density at radius 1 is 1.65 bits per heavy atom. The van der Waals surface area contributed by atoms with E-state index in [4.69, 9.17) is 21.9 Å². The lowest BCUT2D eigenvalue weighted by molar-refractivity contribution is 0.265. The van der Waals surface area contributed by atoms with Gasteiger partial charge in [-0.2, -0.15) is 0 Å². The predicted molar refractivity (Wildman–Crippen MR) is 63.4 cm³/mol. The van der Waals surface area contributed by atoms with E-state index in [-0.39, 0.29) is 17.6 Å². The average molecular weight is 277 g/mol. The Morgan fingerprint density at radius 3 is 2.94 bits per heavy atom. The summed E-state index contributed by atoms with van der Waals surface area (Å²) in [6.07, 6.45) is 1.41. The second kappa shape index (κ2) is 6.71. The Labute approximate surface area is 104 Å². The minimum absolute atomic E-state index is 0.183. The second-order valence-corrected chi connectivity index (χ2v) is 4.35. The van der Waals surface area contributed by atoms with Crippen molar-refractivity contribution in [3.05, 3.63) is 22.7 Å². The average Bonchev–Trinajstić information content (AvgIpc) is 2.26. The molecule has 0 saturated carbocycles. The van der Waals surface area contributed by atoms with E-state index >= 15 is 0 Å². The number of hydrogen-bond donors (Lipinski definition) is 2. The fourth-order valence-electron chi connectivity index (χ4n) is 1.17. The van der Waals surface area contributed by atoms with Crippen molar-refractivity contribution in [2.45, 2.75) is 26.4 Å². The molecule has 0 amide bonds. The standard InChI is InChI=1S/C9H11ClN3O3P/c1-2-3-6(11)7-4-8(10)13-9(12-7)5-16-17(14)15/h4,11H,2-3,5H2,1H3/p+1. The van der Waals surface area contributed by atoms with Crippen molar-refractivity contribution < 1.29 is 14.0 Å². The summed E-state index contributed by atoms with van der Waals surface area (Å²) in [5, 5.41) is 7.93. The van der Waals surface area contributed by atoms with E-state index in [9.17, 15) is 4.57 Å². The molecule has 0 aromatic carbocycles. The molecule has 0 aliphatic rings. The van der Waals surface area contributed by atoms with Gasteiger partial charge in [-0.15, -0.1) is 9.42 Å². The van der Waals surface area contributed by atoms with Crippen LogP contribution < -0.4 is 0 Å². The van der Waals surface area contributed by atoms with Crippen molar-refractivity contribution in [3.8, 4) is 0 Å². The van der Waals surface area contributed by atoms with Gasteiger partial charge in [0.1, 0.15) is 5.15 Å². The zero-order chi connectivity index (χ0) is 12.8. The van der Waals surface area contributed by atoms with Crippen LogP contribution in [0.3, 0.4) is 0 Å². The van der Waals surface area contributed by atoms with Crippen LogP contribution in [0.15, 0.2) is 6.07 Å². The van der Waals surface area contributed by atoms with E-state index in [1.807, 2.05) is 6.92 Å². The zero-order valence-electron chi connectivity index (χ0n) is 9.18. The summed E-state index contributed by atoms with van der Waals surface area (Å²) >= 11 is 5.77. The van der Waals surface area contributed by atoms with Gasteiger partial charge in [0, 0.05) is 10.6 Å². The molecule has 2 N–H and O–H groups in total. The van der Waals surface area contributed by atoms with Crippen molar-refractivity contribution in [1.29, 1.82) is 5.41 Å². The molecule has 8 heteroatoms. The van der Waals surface area contributed by atoms with Gasteiger partial charge in [-0.05, 0) is 6.42 Å². The van der Waals surface area contributed by atoms with Crippen LogP contribution in [0, 0.1) is 5.41 Å². The third-order valence-corrected chi connectivity index (χ3v) is 2.40. The minimum atomic E-state index is -2.69. The summed E-state index contributed by atoms with van der Waals surface area (Å²) in [7, 11) is -2.69. The topological polar surface area (TPSA) is 96.2 Å². The molecule has 1 unspecified atom stereocenters. The van der Waals surface area contributed by atoms with Crippen LogP contribution in [0.2, 0.25) is 5.15 Å². The molecule has 0 fully saturated rings. The molecule has 1 aromatic heterocycles. The van der Waals surface area contributed by atoms with Crippen molar-refractivity contribution in [1.82, 2.24) is 9.97 Å². The van der Waals surface area contributed by atoms with Gasteiger partial charge in [-0.3, -0.25) is 0 Å². The summed E-state index contributed by atoms with van der Waals surface area (Å²) in [5.41, 5.74) is 0.769. The van der Waals surface area contributed by atoms with Crippen LogP contribution in [0.25, 0.3) is 0 Å². The lowest BCUT2D eigenvalue weighted by atomic mass is 10.1. The van der Waals surface area contributed by atoms with Crippen molar-refractivity contribution >= 4 is 25.6 Å². The van der Waals surface area contributed by atoms with E-state index in [0.29, 0.717) is 17.8 Å². The van der Waals surface area contributed by atoms with Gasteiger partial charge < -0.3 is 5.41 Å². The molecular weight excluding hydrogens is 265 g/mol. The van der Waals surface area contributed by atoms with Crippen molar-refractivity contribution in [2.75, 3.05) is 0 Å². The van der Waals surface area contributed by atoms with Gasteiger partial charge in [-0.25, -0.2) is 9.97 Å². The molecule has 0 aliphatic carbocycles. The summed E-state index contributed by atoms with van der Waals surface area (Å²) in [6.45, 7) is 1.75. The molecule has 92 valence electrons. The van der Waals surface area contributed by atoms with Crippen LogP contribution in [0.4, 0.5) is 0 Å². The Balaban J connectivity index is 2.86. The van der Waals surface area contributed by atoms with Crippen LogP contribution in [-0.2, 0) is 15.7 Å². The molecular formula is C9H12ClN3O3P+. The summed E-state index contributed by atoms with van der Waals surface area (Å²) < 4.78 is 14.9. The fraction of sp³-hybridized carbons (Fsp3) is 0.444. The zero-order valence-corrected chi connectivity index (χ0v) is 10.8. The first-order valence-corrected chi connectivity index (χ1v) is 6.44. The van der Waals surface area contributed by atoms with Gasteiger partial charge in [0.2, 0.25) is 0 Å². The lowest BCUT2D eigenvalue weighted by Crippen LogP contribution is -2.06. The molecule has 0 radical (unpaired) electrons. The quantitative estimate of drug-likeness (QED) is 0.473. The number of aromatic nitrogens is 2. The van der Waals surface area contributed by atoms with Crippen LogP contribution in [-0.4, -0.2) is 20.6 Å². The largest absolute Gasteiger partial charge is 0.695 e. The van der Waals surface area contributed by atoms with Gasteiger partial charge in [0.25, 0.3) is 0 Å². The van der Waals surface area contributed by atoms with E-state index in [1.165, 1.54) is 6.07 Å². The van der Waals surface area contributed by atoms with E-state index in [1.54, 1.807) is 0 Å². The summed E-state index contributed by atoms with van der Waals surface area (Å²) in [4.78, 5) is 16.4. The maximum Gasteiger partial charge on any atom is 0.695 e. The SMILES string of the molecule is CCCC(=N)c1cc(Cl)nc(CO[P+](=O)O)n1. The highest BCUT2D eigenvalue weighted by atomic mass is 35.5. The summed E-state index contributed by atoms with van der Waals surface area (Å²) in [6, 6.07) is 1.49. The third-order valence-electron chi connectivity index (χ3n) is 1.85. The molecule has 0 spiro atoms. The lowest BCUT2D eigenvalue weighted by Gasteiger charge is -2.03. The second-order valence-electron chi connectivity index (χ2n) is 3.23. The number of nitrogens with zero attached hydrogens (tertiary/aromatic N) is 2. The van der Waals surface area contributed by atoms with Gasteiger partial charge >= 0.3 is 8.25 Å². The smallest absolute Gasteiger partial charge is 0.303 e. The molecule has 0 aliphatic heterocycles. The number of halogens is 1. The molecule has 6 nitrogen and oxygen atoms in total. The van der Waals surface area contributed by atoms with E-state index < -0.39 is 8.25 Å². The van der Waals surface area contributed by atoms with Crippen molar-refractivity contribution in [2.24, 2.45) is 0 Å². The Morgan fingerprint density at radius 2 is 2.35 bits per heavy atom. The molecule has 1 rings (SSSR count). The Kier molecular flexibility index (Phi) is 5.58. The normalized spacial score (nSPS) is 11.4. The maximum absolute atomic E-state index is 10.4. The first-order chi connectivity index (χ1) is 8.02. The van der Waals surface area contributed by atoms with Crippen LogP contribution in [0.5, 0.6) is 0 Å². The van der Waals surface area contributed by atoms with Crippen molar-refractivity contribution in [3.63, 3.8) is 0 Å². The van der Waals surface area contributed by atoms with E-state index in [0.717, 1.165) is 6.42 Å². The summed E-state index contributed by atoms with van der Waals surface area (Å²) in [5.74, 6) is 0.186.